The van der Waals surface area contributed by atoms with Gasteiger partial charge in [-0.15, -0.1) is 0 Å². The van der Waals surface area contributed by atoms with Gasteiger partial charge >= 0.3 is 5.97 Å². The summed E-state index contributed by atoms with van der Waals surface area (Å²) in [6.45, 7) is 2.22. The second kappa shape index (κ2) is 7.89. The Labute approximate surface area is 173 Å². The van der Waals surface area contributed by atoms with Crippen LogP contribution in [0.1, 0.15) is 12.5 Å². The van der Waals surface area contributed by atoms with Crippen LogP contribution >= 0.6 is 12.2 Å². The lowest BCUT2D eigenvalue weighted by Crippen LogP contribution is -2.30. The van der Waals surface area contributed by atoms with Crippen molar-refractivity contribution in [2.75, 3.05) is 11.5 Å². The summed E-state index contributed by atoms with van der Waals surface area (Å²) >= 11 is 5.37. The molecule has 4 rings (SSSR count). The molecule has 0 bridgehead atoms. The molecular weight excluding hydrogens is 386 g/mol. The number of thiocarbonyl (C=S) groups is 1. The number of carbonyl (C=O) groups excluding carboxylic acids is 2. The molecule has 146 valence electrons. The van der Waals surface area contributed by atoms with Gasteiger partial charge in [-0.1, -0.05) is 36.4 Å². The monoisotopic (exact) mass is 405 g/mol. The molecular formula is C22H19N3O3S. The molecule has 1 fully saturated rings. The van der Waals surface area contributed by atoms with Crippen molar-refractivity contribution in [1.82, 2.24) is 9.88 Å². The van der Waals surface area contributed by atoms with Crippen LogP contribution in [-0.4, -0.2) is 28.2 Å². The summed E-state index contributed by atoms with van der Waals surface area (Å²) in [5.74, 6) is -0.526. The molecule has 7 heteroatoms. The quantitative estimate of drug-likeness (QED) is 0.400. The van der Waals surface area contributed by atoms with Gasteiger partial charge < -0.3 is 14.6 Å². The minimum Gasteiger partial charge on any atom is -0.465 e. The van der Waals surface area contributed by atoms with Crippen molar-refractivity contribution in [3.8, 4) is 0 Å². The second-order valence-electron chi connectivity index (χ2n) is 6.50. The first-order chi connectivity index (χ1) is 14.1. The van der Waals surface area contributed by atoms with Crippen molar-refractivity contribution in [3.63, 3.8) is 0 Å². The lowest BCUT2D eigenvalue weighted by atomic mass is 10.1. The summed E-state index contributed by atoms with van der Waals surface area (Å²) in [4.78, 5) is 26.4. The van der Waals surface area contributed by atoms with Crippen molar-refractivity contribution < 1.29 is 14.3 Å². The molecule has 0 aliphatic carbocycles. The lowest BCUT2D eigenvalue weighted by Gasteiger charge is -2.13. The molecule has 0 radical (unpaired) electrons. The molecule has 3 aromatic rings. The summed E-state index contributed by atoms with van der Waals surface area (Å²) in [6, 6.07) is 17.0. The highest BCUT2D eigenvalue weighted by Gasteiger charge is 2.32. The largest absolute Gasteiger partial charge is 0.465 e. The highest BCUT2D eigenvalue weighted by atomic mass is 32.1. The topological polar surface area (TPSA) is 63.6 Å². The van der Waals surface area contributed by atoms with Gasteiger partial charge in [0.05, 0.1) is 12.3 Å². The summed E-state index contributed by atoms with van der Waals surface area (Å²) in [6.07, 6.45) is 3.61. The Balaban J connectivity index is 1.70. The SMILES string of the molecule is CCOC(=O)Cn1cc(/C=C2/NC(=S)N(c3ccccc3)C2=O)c2ccccc21. The van der Waals surface area contributed by atoms with Gasteiger partial charge in [0.25, 0.3) is 5.91 Å². The molecule has 1 amide bonds. The Morgan fingerprint density at radius 2 is 1.86 bits per heavy atom. The Kier molecular flexibility index (Phi) is 5.14. The van der Waals surface area contributed by atoms with Gasteiger partial charge in [0, 0.05) is 22.7 Å². The molecule has 6 nitrogen and oxygen atoms in total. The molecule has 2 aromatic carbocycles. The van der Waals surface area contributed by atoms with Gasteiger partial charge in [-0.2, -0.15) is 0 Å². The van der Waals surface area contributed by atoms with Crippen molar-refractivity contribution >= 4 is 51.9 Å². The van der Waals surface area contributed by atoms with Gasteiger partial charge in [0.1, 0.15) is 12.2 Å². The van der Waals surface area contributed by atoms with Gasteiger partial charge in [-0.3, -0.25) is 14.5 Å². The zero-order valence-electron chi connectivity index (χ0n) is 15.8. The van der Waals surface area contributed by atoms with E-state index in [9.17, 15) is 9.59 Å². The predicted octanol–water partition coefficient (Wildman–Crippen LogP) is 3.47. The molecule has 1 aliphatic rings. The molecule has 29 heavy (non-hydrogen) atoms. The van der Waals surface area contributed by atoms with Crippen LogP contribution in [0.5, 0.6) is 0 Å². The number of esters is 1. The standard InChI is InChI=1S/C22H19N3O3S/c1-2-28-20(26)14-24-13-15(17-10-6-7-11-19(17)24)12-18-21(27)25(22(29)23-18)16-8-4-3-5-9-16/h3-13H,2,14H2,1H3,(H,23,29)/b18-12+. The fourth-order valence-corrected chi connectivity index (χ4v) is 3.67. The van der Waals surface area contributed by atoms with E-state index in [4.69, 9.17) is 17.0 Å². The van der Waals surface area contributed by atoms with Gasteiger partial charge in [-0.05, 0) is 43.4 Å². The number of ether oxygens (including phenoxy) is 1. The first kappa shape index (κ1) is 18.9. The molecule has 0 spiro atoms. The maximum absolute atomic E-state index is 13.0. The highest BCUT2D eigenvalue weighted by Crippen LogP contribution is 2.26. The smallest absolute Gasteiger partial charge is 0.325 e. The number of hydrogen-bond acceptors (Lipinski definition) is 4. The normalized spacial score (nSPS) is 15.2. The van der Waals surface area contributed by atoms with Crippen LogP contribution in [0.4, 0.5) is 5.69 Å². The summed E-state index contributed by atoms with van der Waals surface area (Å²) < 4.78 is 6.89. The Morgan fingerprint density at radius 1 is 1.14 bits per heavy atom. The maximum Gasteiger partial charge on any atom is 0.325 e. The minimum absolute atomic E-state index is 0.105. The zero-order valence-corrected chi connectivity index (χ0v) is 16.6. The fraction of sp³-hybridized carbons (Fsp3) is 0.136. The van der Waals surface area contributed by atoms with Crippen molar-refractivity contribution in [3.05, 3.63) is 72.1 Å². The zero-order chi connectivity index (χ0) is 20.4. The number of benzene rings is 2. The van der Waals surface area contributed by atoms with E-state index >= 15 is 0 Å². The van der Waals surface area contributed by atoms with E-state index in [1.54, 1.807) is 13.0 Å². The third-order valence-corrected chi connectivity index (χ3v) is 4.90. The summed E-state index contributed by atoms with van der Waals surface area (Å²) in [7, 11) is 0. The number of nitrogens with one attached hydrogen (secondary N) is 1. The van der Waals surface area contributed by atoms with Crippen molar-refractivity contribution in [2.45, 2.75) is 13.5 Å². The molecule has 1 N–H and O–H groups in total. The van der Waals surface area contributed by atoms with E-state index in [0.717, 1.165) is 16.5 Å². The predicted molar refractivity (Wildman–Crippen MR) is 116 cm³/mol. The molecule has 1 aliphatic heterocycles. The third-order valence-electron chi connectivity index (χ3n) is 4.62. The van der Waals surface area contributed by atoms with Crippen LogP contribution in [0.15, 0.2) is 66.5 Å². The fourth-order valence-electron chi connectivity index (χ4n) is 3.37. The molecule has 0 unspecified atom stereocenters. The lowest BCUT2D eigenvalue weighted by molar-refractivity contribution is -0.143. The number of aromatic nitrogens is 1. The van der Waals surface area contributed by atoms with E-state index in [0.29, 0.717) is 23.1 Å². The number of fused-ring (bicyclic) bond motifs is 1. The first-order valence-corrected chi connectivity index (χ1v) is 9.65. The maximum atomic E-state index is 13.0. The average Bonchev–Trinajstić information content (AvgIpc) is 3.20. The van der Waals surface area contributed by atoms with E-state index < -0.39 is 0 Å². The van der Waals surface area contributed by atoms with E-state index in [1.165, 1.54) is 4.90 Å². The number of rotatable bonds is 5. The number of anilines is 1. The highest BCUT2D eigenvalue weighted by molar-refractivity contribution is 7.80. The van der Waals surface area contributed by atoms with Gasteiger partial charge in [0.2, 0.25) is 0 Å². The van der Waals surface area contributed by atoms with Crippen LogP contribution in [0.2, 0.25) is 0 Å². The Bertz CT molecular complexity index is 1130. The summed E-state index contributed by atoms with van der Waals surface area (Å²) in [5, 5.41) is 4.27. The third kappa shape index (κ3) is 3.64. The number of para-hydroxylation sites is 2. The van der Waals surface area contributed by atoms with Gasteiger partial charge in [-0.25, -0.2) is 0 Å². The van der Waals surface area contributed by atoms with E-state index in [2.05, 4.69) is 5.32 Å². The molecule has 1 aromatic heterocycles. The minimum atomic E-state index is -0.307. The molecule has 0 saturated carbocycles. The summed E-state index contributed by atoms with van der Waals surface area (Å²) in [5.41, 5.74) is 2.81. The Morgan fingerprint density at radius 3 is 2.62 bits per heavy atom. The molecule has 1 saturated heterocycles. The number of carbonyl (C=O) groups is 2. The molecule has 2 heterocycles. The second-order valence-corrected chi connectivity index (χ2v) is 6.89. The van der Waals surface area contributed by atoms with E-state index in [1.807, 2.05) is 65.4 Å². The number of amides is 1. The van der Waals surface area contributed by atoms with Crippen molar-refractivity contribution in [2.24, 2.45) is 0 Å². The first-order valence-electron chi connectivity index (χ1n) is 9.24. The van der Waals surface area contributed by atoms with Gasteiger partial charge in [0.15, 0.2) is 5.11 Å². The van der Waals surface area contributed by atoms with Crippen molar-refractivity contribution in [1.29, 1.82) is 0 Å². The van der Waals surface area contributed by atoms with Crippen LogP contribution < -0.4 is 10.2 Å². The van der Waals surface area contributed by atoms with Crippen LogP contribution in [0.3, 0.4) is 0 Å². The number of hydrogen-bond donors (Lipinski definition) is 1. The Hall–Kier alpha value is -3.45. The van der Waals surface area contributed by atoms with Crippen LogP contribution in [-0.2, 0) is 20.9 Å². The average molecular weight is 405 g/mol. The van der Waals surface area contributed by atoms with Crippen LogP contribution in [0, 0.1) is 0 Å². The van der Waals surface area contributed by atoms with E-state index in [-0.39, 0.29) is 18.4 Å². The molecule has 0 atom stereocenters. The number of nitrogens with zero attached hydrogens (tertiary/aromatic N) is 2. The van der Waals surface area contributed by atoms with Crippen LogP contribution in [0.25, 0.3) is 17.0 Å².